The summed E-state index contributed by atoms with van der Waals surface area (Å²) in [5, 5.41) is 17.1. The molecule has 5 aliphatic heterocycles. The Balaban J connectivity index is 0.686. The topological polar surface area (TPSA) is 264 Å². The highest BCUT2D eigenvalue weighted by Crippen LogP contribution is 2.46. The molecule has 5 N–H and O–H groups in total. The van der Waals surface area contributed by atoms with Crippen LogP contribution in [0.25, 0.3) is 11.3 Å². The summed E-state index contributed by atoms with van der Waals surface area (Å²) in [5.74, 6) is -0.450. The van der Waals surface area contributed by atoms with Crippen molar-refractivity contribution in [1.29, 1.82) is 0 Å². The van der Waals surface area contributed by atoms with Gasteiger partial charge in [0.25, 0.3) is 23.3 Å². The molecule has 0 spiro atoms. The maximum absolute atomic E-state index is 14.1. The van der Waals surface area contributed by atoms with Gasteiger partial charge in [0, 0.05) is 119 Å². The van der Waals surface area contributed by atoms with Crippen LogP contribution in [-0.2, 0) is 46.9 Å². The maximum Gasteiger partial charge on any atom is 0.470 e. The van der Waals surface area contributed by atoms with Gasteiger partial charge >= 0.3 is 7.82 Å². The van der Waals surface area contributed by atoms with Gasteiger partial charge in [0.05, 0.1) is 52.3 Å². The van der Waals surface area contributed by atoms with Crippen LogP contribution in [0.1, 0.15) is 101 Å². The number of aromatic nitrogens is 5. The Labute approximate surface area is 491 Å². The number of hydrogen-bond acceptors (Lipinski definition) is 16. The number of nitrogens with zero attached hydrogens (tertiary/aromatic N) is 11. The van der Waals surface area contributed by atoms with E-state index >= 15 is 0 Å². The van der Waals surface area contributed by atoms with Gasteiger partial charge in [0.15, 0.2) is 5.82 Å². The SMILES string of the molecule is C=CC(=O)Nc1cc(Nc2nc(-c3ccnc(N4CCn5c(cc6c5CC(C)(C)C6)C4=O)c3CO)cn(C)c2=O)ccc1N1CCN(C2CCN(c3ccc4c(c3)C(=O)N(c3ccc(N5CCC(C)(OP(=O)(O)O)CC5)nc3)C4=O)CC2)C[C@@H]1C. The first-order valence-corrected chi connectivity index (χ1v) is 30.4. The van der Waals surface area contributed by atoms with Crippen LogP contribution < -0.4 is 40.7 Å². The zero-order chi connectivity index (χ0) is 59.9. The molecule has 6 aromatic rings. The number of piperidine rings is 2. The summed E-state index contributed by atoms with van der Waals surface area (Å²) in [6.07, 6.45) is 10.2. The Morgan fingerprint density at radius 3 is 2.29 bits per heavy atom. The normalized spacial score (nSPS) is 19.7. The predicted octanol–water partition coefficient (Wildman–Crippen LogP) is 6.63. The van der Waals surface area contributed by atoms with E-state index in [2.05, 4.69) is 67.2 Å². The quantitative estimate of drug-likeness (QED) is 0.0435. The van der Waals surface area contributed by atoms with Gasteiger partial charge in [0.1, 0.15) is 17.3 Å². The van der Waals surface area contributed by atoms with Crippen LogP contribution in [0, 0.1) is 5.41 Å². The number of rotatable bonds is 14. The number of carbonyl (C=O) groups excluding carboxylic acids is 4. The third kappa shape index (κ3) is 11.0. The lowest BCUT2D eigenvalue weighted by Gasteiger charge is -2.47. The third-order valence-corrected chi connectivity index (χ3v) is 18.5. The van der Waals surface area contributed by atoms with E-state index in [1.54, 1.807) is 61.6 Å². The molecular weight excluding hydrogens is 1110 g/mol. The van der Waals surface area contributed by atoms with Crippen molar-refractivity contribution in [1.82, 2.24) is 29.0 Å². The molecule has 0 saturated carbocycles. The van der Waals surface area contributed by atoms with Crippen LogP contribution in [0.15, 0.2) is 96.7 Å². The number of benzene rings is 2. The molecule has 24 heteroatoms. The van der Waals surface area contributed by atoms with E-state index in [1.807, 2.05) is 35.2 Å². The Hall–Kier alpha value is -8.05. The zero-order valence-corrected chi connectivity index (χ0v) is 49.2. The van der Waals surface area contributed by atoms with Crippen molar-refractivity contribution in [3.05, 3.63) is 136 Å². The highest BCUT2D eigenvalue weighted by Gasteiger charge is 2.41. The molecule has 4 amide bonds. The van der Waals surface area contributed by atoms with E-state index in [9.17, 15) is 43.4 Å². The van der Waals surface area contributed by atoms with Gasteiger partial charge in [-0.2, -0.15) is 0 Å². The van der Waals surface area contributed by atoms with E-state index in [0.29, 0.717) is 114 Å². The van der Waals surface area contributed by atoms with E-state index in [4.69, 9.17) is 9.51 Å². The van der Waals surface area contributed by atoms with Gasteiger partial charge in [-0.1, -0.05) is 20.4 Å². The monoisotopic (exact) mass is 1180 g/mol. The number of piperazine rings is 1. The number of phosphoric ester groups is 1. The van der Waals surface area contributed by atoms with Crippen LogP contribution in [0.4, 0.5) is 45.9 Å². The highest BCUT2D eigenvalue weighted by atomic mass is 31.2. The van der Waals surface area contributed by atoms with Gasteiger partial charge in [0.2, 0.25) is 5.91 Å². The Kier molecular flexibility index (Phi) is 14.9. The minimum Gasteiger partial charge on any atom is -0.392 e. The zero-order valence-electron chi connectivity index (χ0n) is 48.3. The fourth-order valence-corrected chi connectivity index (χ4v) is 14.2. The molecule has 85 heavy (non-hydrogen) atoms. The minimum atomic E-state index is -4.64. The molecule has 0 unspecified atom stereocenters. The van der Waals surface area contributed by atoms with Crippen LogP contribution in [0.5, 0.6) is 0 Å². The maximum atomic E-state index is 14.1. The lowest BCUT2D eigenvalue weighted by atomic mass is 9.90. The first-order valence-electron chi connectivity index (χ1n) is 28.9. The molecule has 23 nitrogen and oxygen atoms in total. The van der Waals surface area contributed by atoms with Gasteiger partial charge in [-0.3, -0.25) is 38.3 Å². The molecule has 0 bridgehead atoms. The van der Waals surface area contributed by atoms with E-state index in [1.165, 1.54) is 28.1 Å². The van der Waals surface area contributed by atoms with E-state index in [-0.39, 0.29) is 23.2 Å². The average Bonchev–Trinajstić information content (AvgIpc) is 3.65. The first kappa shape index (κ1) is 57.4. The molecule has 3 fully saturated rings. The number of anilines is 8. The lowest BCUT2D eigenvalue weighted by molar-refractivity contribution is -0.111. The Morgan fingerprint density at radius 1 is 0.835 bits per heavy atom. The molecule has 0 radical (unpaired) electrons. The molecule has 1 atom stereocenters. The highest BCUT2D eigenvalue weighted by molar-refractivity contribution is 7.46. The number of nitrogens with one attached hydrogen (secondary N) is 2. The van der Waals surface area contributed by atoms with Gasteiger partial charge in [-0.05, 0) is 130 Å². The summed E-state index contributed by atoms with van der Waals surface area (Å²) in [6, 6.07) is 18.5. The van der Waals surface area contributed by atoms with Crippen molar-refractivity contribution in [3.8, 4) is 11.3 Å². The smallest absolute Gasteiger partial charge is 0.392 e. The Morgan fingerprint density at radius 2 is 1.59 bits per heavy atom. The third-order valence-electron chi connectivity index (χ3n) is 17.8. The summed E-state index contributed by atoms with van der Waals surface area (Å²) >= 11 is 0. The second kappa shape index (κ2) is 22.1. The molecule has 6 aliphatic rings. The van der Waals surface area contributed by atoms with Crippen LogP contribution in [-0.4, -0.2) is 138 Å². The number of imide groups is 1. The second-order valence-electron chi connectivity index (χ2n) is 24.2. The van der Waals surface area contributed by atoms with Crippen molar-refractivity contribution in [2.45, 2.75) is 97.1 Å². The molecule has 2 aromatic carbocycles. The molecular formula is C61H70N13O10P. The molecule has 4 aromatic heterocycles. The first-order chi connectivity index (χ1) is 40.6. The number of pyridine rings is 2. The molecule has 12 rings (SSSR count). The number of aryl methyl sites for hydroxylation is 1. The fourth-order valence-electron chi connectivity index (χ4n) is 13.4. The lowest BCUT2D eigenvalue weighted by Crippen LogP contribution is -2.57. The van der Waals surface area contributed by atoms with Crippen molar-refractivity contribution < 1.29 is 43.2 Å². The number of phosphoric acid groups is 1. The summed E-state index contributed by atoms with van der Waals surface area (Å²) in [7, 11) is -3.02. The summed E-state index contributed by atoms with van der Waals surface area (Å²) < 4.78 is 20.1. The van der Waals surface area contributed by atoms with Crippen molar-refractivity contribution in [3.63, 3.8) is 0 Å². The van der Waals surface area contributed by atoms with Crippen LogP contribution in [0.3, 0.4) is 0 Å². The van der Waals surface area contributed by atoms with Crippen molar-refractivity contribution in [2.75, 3.05) is 87.5 Å². The standard InChI is InChI=1S/C61H70N13O10P/c1-7-53(76)65-47-29-39(64-54-59(80)67(6)35-48(66-54)43-14-19-62-55(46(43)36-75)73-27-26-72-50(58(73)79)28-38-31-60(3,4)32-51(38)72)8-12-49(47)71-25-24-70(34-37(71)2)40-15-20-68(21-16-40)41-9-11-44-45(30-41)57(78)74(56(44)77)42-10-13-52(63-33-42)69-22-17-61(5,18-23-69)84-85(81,82)83/h7-14,19,28-30,33,35,37,40,75H,1,15-18,20-27,31-32,34,36H2,2-6H3,(H,64,66)(H,65,76)(H2,81,82,83)/t37-/m0/s1. The fraction of sp³-hybridized carbons (Fsp3) is 0.410. The summed E-state index contributed by atoms with van der Waals surface area (Å²) in [6.45, 7) is 17.2. The van der Waals surface area contributed by atoms with Crippen molar-refractivity contribution >= 4 is 77.3 Å². The average molecular weight is 1180 g/mol. The summed E-state index contributed by atoms with van der Waals surface area (Å²) in [4.78, 5) is 113. The molecule has 3 saturated heterocycles. The number of hydrogen-bond donors (Lipinski definition) is 5. The molecule has 1 aliphatic carbocycles. The van der Waals surface area contributed by atoms with Gasteiger partial charge in [-0.15, -0.1) is 0 Å². The van der Waals surface area contributed by atoms with Crippen LogP contribution in [0.2, 0.25) is 0 Å². The Bertz CT molecular complexity index is 3800. The van der Waals surface area contributed by atoms with Crippen LogP contribution >= 0.6 is 7.82 Å². The number of fused-ring (bicyclic) bond motifs is 4. The number of amides is 4. The number of aliphatic hydroxyl groups excluding tert-OH is 1. The van der Waals surface area contributed by atoms with Gasteiger partial charge in [-0.25, -0.2) is 24.4 Å². The molecule has 444 valence electrons. The number of aliphatic hydroxyl groups is 1. The van der Waals surface area contributed by atoms with Gasteiger partial charge < -0.3 is 49.4 Å². The summed E-state index contributed by atoms with van der Waals surface area (Å²) in [5.41, 5.74) is 6.82. The number of carbonyl (C=O) groups is 4. The van der Waals surface area contributed by atoms with E-state index in [0.717, 1.165) is 68.1 Å². The largest absolute Gasteiger partial charge is 0.470 e. The minimum absolute atomic E-state index is 0.0127. The van der Waals surface area contributed by atoms with Crippen molar-refractivity contribution in [2.24, 2.45) is 12.5 Å². The van der Waals surface area contributed by atoms with E-state index < -0.39 is 43.3 Å². The predicted molar refractivity (Wildman–Crippen MR) is 323 cm³/mol. The molecule has 9 heterocycles. The second-order valence-corrected chi connectivity index (χ2v) is 25.4.